The van der Waals surface area contributed by atoms with Gasteiger partial charge in [-0.05, 0) is 62.9 Å². The zero-order valence-electron chi connectivity index (χ0n) is 15.6. The average Bonchev–Trinajstić information content (AvgIpc) is 2.85. The molecule has 0 unspecified atom stereocenters. The first kappa shape index (κ1) is 18.9. The lowest BCUT2D eigenvalue weighted by Gasteiger charge is -2.09. The van der Waals surface area contributed by atoms with Crippen LogP contribution in [0, 0.1) is 34.6 Å². The molecule has 0 aliphatic heterocycles. The quantitative estimate of drug-likeness (QED) is 0.649. The third-order valence-electron chi connectivity index (χ3n) is 4.70. The highest BCUT2D eigenvalue weighted by molar-refractivity contribution is 7.99. The Balaban J connectivity index is 1.72. The van der Waals surface area contributed by atoms with E-state index in [9.17, 15) is 9.59 Å². The van der Waals surface area contributed by atoms with E-state index in [4.69, 9.17) is 0 Å². The Bertz CT molecular complexity index is 1060. The highest BCUT2D eigenvalue weighted by atomic mass is 32.2. The molecule has 0 fully saturated rings. The Morgan fingerprint density at radius 1 is 1.12 bits per heavy atom. The number of aryl methyl sites for hydroxylation is 5. The number of aromatic amines is 1. The average molecular weight is 387 g/mol. The van der Waals surface area contributed by atoms with Gasteiger partial charge in [0.25, 0.3) is 5.56 Å². The Hall–Kier alpha value is -1.92. The highest BCUT2D eigenvalue weighted by Crippen LogP contribution is 2.26. The van der Waals surface area contributed by atoms with Gasteiger partial charge in [-0.2, -0.15) is 0 Å². The topological polar surface area (TPSA) is 62.8 Å². The second kappa shape index (κ2) is 7.37. The molecule has 26 heavy (non-hydrogen) atoms. The number of rotatable bonds is 5. The number of Topliss-reactive ketones (excluding diaryl/α,β-unsaturated/α-hetero) is 1. The number of hydrogen-bond acceptors (Lipinski definition) is 5. The largest absolute Gasteiger partial charge is 0.309 e. The van der Waals surface area contributed by atoms with Crippen LogP contribution in [0.25, 0.3) is 10.2 Å². The fraction of sp³-hybridized carbons (Fsp3) is 0.350. The molecule has 0 aliphatic rings. The number of carbonyl (C=O) groups excluding carboxylic acids is 1. The van der Waals surface area contributed by atoms with Crippen molar-refractivity contribution in [2.45, 2.75) is 40.4 Å². The van der Waals surface area contributed by atoms with Crippen LogP contribution in [0.3, 0.4) is 0 Å². The number of nitrogens with one attached hydrogen (secondary N) is 1. The van der Waals surface area contributed by atoms with Gasteiger partial charge in [-0.15, -0.1) is 23.1 Å². The number of carbonyl (C=O) groups is 1. The van der Waals surface area contributed by atoms with E-state index in [2.05, 4.69) is 23.0 Å². The number of thioether (sulfide) groups is 1. The van der Waals surface area contributed by atoms with Gasteiger partial charge in [0.05, 0.1) is 16.9 Å². The summed E-state index contributed by atoms with van der Waals surface area (Å²) in [4.78, 5) is 34.1. The maximum absolute atomic E-state index is 12.5. The lowest BCUT2D eigenvalue weighted by Crippen LogP contribution is -2.12. The van der Waals surface area contributed by atoms with Crippen molar-refractivity contribution in [1.82, 2.24) is 9.97 Å². The SMILES string of the molecule is Cc1cc(C)c(C(=O)CSCc2nc3sc(C)c(C)c3c(=O)[nH]2)cc1C. The summed E-state index contributed by atoms with van der Waals surface area (Å²) >= 11 is 3.02. The molecule has 136 valence electrons. The molecule has 4 nitrogen and oxygen atoms in total. The summed E-state index contributed by atoms with van der Waals surface area (Å²) in [5.74, 6) is 1.62. The molecule has 0 radical (unpaired) electrons. The third kappa shape index (κ3) is 3.62. The summed E-state index contributed by atoms with van der Waals surface area (Å²) in [6, 6.07) is 4.03. The van der Waals surface area contributed by atoms with Crippen molar-refractivity contribution in [3.8, 4) is 0 Å². The predicted molar refractivity (Wildman–Crippen MR) is 111 cm³/mol. The number of nitrogens with zero attached hydrogens (tertiary/aromatic N) is 1. The van der Waals surface area contributed by atoms with E-state index in [1.54, 1.807) is 11.3 Å². The van der Waals surface area contributed by atoms with E-state index in [1.165, 1.54) is 17.3 Å². The number of thiophene rings is 1. The van der Waals surface area contributed by atoms with Gasteiger partial charge in [0.15, 0.2) is 5.78 Å². The molecule has 0 amide bonds. The molecule has 6 heteroatoms. The molecule has 3 rings (SSSR count). The van der Waals surface area contributed by atoms with Crippen LogP contribution in [-0.2, 0) is 5.75 Å². The number of benzene rings is 1. The van der Waals surface area contributed by atoms with Gasteiger partial charge in [0, 0.05) is 10.4 Å². The Morgan fingerprint density at radius 2 is 1.81 bits per heavy atom. The summed E-state index contributed by atoms with van der Waals surface area (Å²) in [5, 5.41) is 0.683. The van der Waals surface area contributed by atoms with Crippen molar-refractivity contribution < 1.29 is 4.79 Å². The molecule has 0 spiro atoms. The second-order valence-corrected chi connectivity index (χ2v) is 8.83. The monoisotopic (exact) mass is 386 g/mol. The molecule has 1 aromatic carbocycles. The number of H-pyrrole nitrogens is 1. The van der Waals surface area contributed by atoms with Crippen molar-refractivity contribution in [2.24, 2.45) is 0 Å². The van der Waals surface area contributed by atoms with Crippen molar-refractivity contribution in [2.75, 3.05) is 5.75 Å². The molecule has 0 saturated heterocycles. The molecule has 2 aromatic heterocycles. The number of hydrogen-bond donors (Lipinski definition) is 1. The van der Waals surface area contributed by atoms with Crippen LogP contribution in [0.1, 0.15) is 43.3 Å². The first-order chi connectivity index (χ1) is 12.3. The Kier molecular flexibility index (Phi) is 5.34. The first-order valence-electron chi connectivity index (χ1n) is 8.45. The first-order valence-corrected chi connectivity index (χ1v) is 10.4. The molecule has 0 bridgehead atoms. The van der Waals surface area contributed by atoms with E-state index in [0.29, 0.717) is 22.7 Å². The molecular formula is C20H22N2O2S2. The van der Waals surface area contributed by atoms with Crippen molar-refractivity contribution in [3.63, 3.8) is 0 Å². The van der Waals surface area contributed by atoms with Crippen LogP contribution < -0.4 is 5.56 Å². The molecular weight excluding hydrogens is 364 g/mol. The second-order valence-electron chi connectivity index (χ2n) is 6.64. The van der Waals surface area contributed by atoms with Crippen molar-refractivity contribution in [1.29, 1.82) is 0 Å². The van der Waals surface area contributed by atoms with Gasteiger partial charge in [-0.3, -0.25) is 9.59 Å². The van der Waals surface area contributed by atoms with Crippen LogP contribution in [0.2, 0.25) is 0 Å². The lowest BCUT2D eigenvalue weighted by atomic mass is 9.99. The summed E-state index contributed by atoms with van der Waals surface area (Å²) in [6.07, 6.45) is 0. The van der Waals surface area contributed by atoms with Gasteiger partial charge in [0.1, 0.15) is 10.7 Å². The minimum Gasteiger partial charge on any atom is -0.309 e. The van der Waals surface area contributed by atoms with Gasteiger partial charge >= 0.3 is 0 Å². The normalized spacial score (nSPS) is 11.3. The van der Waals surface area contributed by atoms with Gasteiger partial charge in [-0.25, -0.2) is 4.98 Å². The predicted octanol–water partition coefficient (Wildman–Crippen LogP) is 4.64. The summed E-state index contributed by atoms with van der Waals surface area (Å²) in [5.41, 5.74) is 5.02. The van der Waals surface area contributed by atoms with E-state index in [-0.39, 0.29) is 11.3 Å². The number of ketones is 1. The molecule has 0 atom stereocenters. The lowest BCUT2D eigenvalue weighted by molar-refractivity contribution is 0.102. The van der Waals surface area contributed by atoms with E-state index in [1.807, 2.05) is 33.8 Å². The number of aromatic nitrogens is 2. The summed E-state index contributed by atoms with van der Waals surface area (Å²) in [6.45, 7) is 9.99. The molecule has 2 heterocycles. The fourth-order valence-electron chi connectivity index (χ4n) is 2.95. The molecule has 0 aliphatic carbocycles. The van der Waals surface area contributed by atoms with Crippen LogP contribution in [0.5, 0.6) is 0 Å². The van der Waals surface area contributed by atoms with Gasteiger partial charge in [0.2, 0.25) is 0 Å². The molecule has 1 N–H and O–H groups in total. The Labute approximate surface area is 161 Å². The smallest absolute Gasteiger partial charge is 0.259 e. The van der Waals surface area contributed by atoms with E-state index < -0.39 is 0 Å². The maximum Gasteiger partial charge on any atom is 0.259 e. The Morgan fingerprint density at radius 3 is 2.54 bits per heavy atom. The standard InChI is InChI=1S/C20H22N2O2S2/c1-10-6-12(3)15(7-11(10)2)16(23)8-25-9-17-21-19(24)18-13(4)14(5)26-20(18)22-17/h6-7H,8-9H2,1-5H3,(H,21,22,24). The van der Waals surface area contributed by atoms with Gasteiger partial charge in [-0.1, -0.05) is 6.07 Å². The highest BCUT2D eigenvalue weighted by Gasteiger charge is 2.14. The minimum atomic E-state index is -0.0937. The van der Waals surface area contributed by atoms with E-state index in [0.717, 1.165) is 32.0 Å². The zero-order chi connectivity index (χ0) is 19.0. The number of fused-ring (bicyclic) bond motifs is 1. The van der Waals surface area contributed by atoms with Gasteiger partial charge < -0.3 is 4.98 Å². The van der Waals surface area contributed by atoms with Crippen LogP contribution >= 0.6 is 23.1 Å². The summed E-state index contributed by atoms with van der Waals surface area (Å²) in [7, 11) is 0. The summed E-state index contributed by atoms with van der Waals surface area (Å²) < 4.78 is 0. The van der Waals surface area contributed by atoms with E-state index >= 15 is 0 Å². The fourth-order valence-corrected chi connectivity index (χ4v) is 4.77. The van der Waals surface area contributed by atoms with Crippen molar-refractivity contribution in [3.05, 3.63) is 61.0 Å². The zero-order valence-corrected chi connectivity index (χ0v) is 17.3. The van der Waals surface area contributed by atoms with Crippen LogP contribution in [0.4, 0.5) is 0 Å². The third-order valence-corrected chi connectivity index (χ3v) is 6.75. The maximum atomic E-state index is 12.5. The minimum absolute atomic E-state index is 0.0937. The molecule has 3 aromatic rings. The van der Waals surface area contributed by atoms with Crippen molar-refractivity contribution >= 4 is 39.1 Å². The van der Waals surface area contributed by atoms with Crippen LogP contribution in [0.15, 0.2) is 16.9 Å². The van der Waals surface area contributed by atoms with Crippen LogP contribution in [-0.4, -0.2) is 21.5 Å². The molecule has 0 saturated carbocycles.